The number of esters is 1. The van der Waals surface area contributed by atoms with Crippen LogP contribution in [0.25, 0.3) is 21.1 Å². The van der Waals surface area contributed by atoms with Crippen molar-refractivity contribution in [3.8, 4) is 5.75 Å². The van der Waals surface area contributed by atoms with Crippen molar-refractivity contribution in [2.45, 2.75) is 50.2 Å². The summed E-state index contributed by atoms with van der Waals surface area (Å²) in [4.78, 5) is 33.7. The molecule has 0 radical (unpaired) electrons. The van der Waals surface area contributed by atoms with Gasteiger partial charge in [0.05, 0.1) is 23.0 Å². The van der Waals surface area contributed by atoms with E-state index in [1.165, 1.54) is 4.68 Å². The van der Waals surface area contributed by atoms with Crippen molar-refractivity contribution >= 4 is 54.4 Å². The Morgan fingerprint density at radius 1 is 1.19 bits per heavy atom. The van der Waals surface area contributed by atoms with Crippen molar-refractivity contribution in [2.75, 3.05) is 6.61 Å². The van der Waals surface area contributed by atoms with Gasteiger partial charge in [-0.05, 0) is 42.7 Å². The maximum Gasteiger partial charge on any atom is 0.328 e. The summed E-state index contributed by atoms with van der Waals surface area (Å²) < 4.78 is 36.2. The number of nitrogens with two attached hydrogens (primary N) is 1. The van der Waals surface area contributed by atoms with Gasteiger partial charge < -0.3 is 19.8 Å². The number of aromatic nitrogens is 5. The summed E-state index contributed by atoms with van der Waals surface area (Å²) in [6.45, 7) is 5.70. The Kier molecular flexibility index (Phi) is 8.75. The predicted octanol–water partition coefficient (Wildman–Crippen LogP) is 3.08. The highest BCUT2D eigenvalue weighted by Crippen LogP contribution is 2.29. The van der Waals surface area contributed by atoms with Crippen LogP contribution >= 0.6 is 11.3 Å². The number of benzene rings is 2. The van der Waals surface area contributed by atoms with Crippen LogP contribution in [0.1, 0.15) is 38.1 Å². The van der Waals surface area contributed by atoms with Crippen LogP contribution in [-0.4, -0.2) is 57.9 Å². The van der Waals surface area contributed by atoms with Gasteiger partial charge in [-0.3, -0.25) is 4.79 Å². The van der Waals surface area contributed by atoms with Crippen molar-refractivity contribution in [1.29, 1.82) is 0 Å². The summed E-state index contributed by atoms with van der Waals surface area (Å²) in [6.07, 6.45) is 3.70. The molecule has 0 aliphatic rings. The zero-order valence-electron chi connectivity index (χ0n) is 23.7. The van der Waals surface area contributed by atoms with Gasteiger partial charge in [0.1, 0.15) is 30.1 Å². The number of nitrogens with zero attached hydrogens (tertiary/aromatic N) is 4. The molecule has 5 rings (SSSR count). The Morgan fingerprint density at radius 3 is 2.72 bits per heavy atom. The minimum absolute atomic E-state index is 0.0464. The number of carbonyl (C=O) groups is 2. The molecule has 3 heterocycles. The van der Waals surface area contributed by atoms with Gasteiger partial charge in [-0.15, -0.1) is 16.4 Å². The molecule has 2 aromatic carbocycles. The number of nitrogens with one attached hydrogen (secondary N) is 2. The largest absolute Gasteiger partial charge is 0.487 e. The highest BCUT2D eigenvalue weighted by molar-refractivity contribution is 7.91. The van der Waals surface area contributed by atoms with Gasteiger partial charge in [-0.2, -0.15) is 0 Å². The topological polar surface area (TPSA) is 184 Å². The normalized spacial score (nSPS) is 13.3. The Balaban J connectivity index is 1.29. The number of sulfonamides is 1. The van der Waals surface area contributed by atoms with Crippen LogP contribution in [0.2, 0.25) is 0 Å². The summed E-state index contributed by atoms with van der Waals surface area (Å²) in [7, 11) is -3.90. The van der Waals surface area contributed by atoms with E-state index in [9.17, 15) is 18.0 Å². The minimum atomic E-state index is -3.90. The third-order valence-electron chi connectivity index (χ3n) is 6.70. The van der Waals surface area contributed by atoms with Gasteiger partial charge in [-0.1, -0.05) is 37.3 Å². The molecule has 0 aliphatic heterocycles. The highest BCUT2D eigenvalue weighted by atomic mass is 32.2. The molecule has 0 fully saturated rings. The van der Waals surface area contributed by atoms with E-state index in [1.54, 1.807) is 31.3 Å². The fourth-order valence-electron chi connectivity index (χ4n) is 4.71. The number of fused-ring (bicyclic) bond motifs is 2. The zero-order chi connectivity index (χ0) is 30.7. The number of hydrogen-bond acceptors (Lipinski definition) is 10. The van der Waals surface area contributed by atoms with Gasteiger partial charge in [-0.25, -0.2) is 28.0 Å². The number of hydrogen-bond donors (Lipinski definition) is 3. The maximum absolute atomic E-state index is 13.6. The lowest BCUT2D eigenvalue weighted by atomic mass is 10.0. The predicted molar refractivity (Wildman–Crippen MR) is 160 cm³/mol. The van der Waals surface area contributed by atoms with Crippen LogP contribution in [-0.2, 0) is 37.4 Å². The first-order valence-electron chi connectivity index (χ1n) is 13.5. The number of amides is 1. The summed E-state index contributed by atoms with van der Waals surface area (Å²) in [6, 6.07) is 11.0. The van der Waals surface area contributed by atoms with Crippen molar-refractivity contribution in [3.63, 3.8) is 0 Å². The molecule has 0 spiro atoms. The van der Waals surface area contributed by atoms with Crippen LogP contribution in [0.4, 0.5) is 0 Å². The summed E-state index contributed by atoms with van der Waals surface area (Å²) in [5.41, 5.74) is 2.77. The van der Waals surface area contributed by atoms with E-state index >= 15 is 0 Å². The fourth-order valence-corrected chi connectivity index (χ4v) is 6.40. The molecule has 0 saturated carbocycles. The third kappa shape index (κ3) is 6.84. The molecule has 0 saturated heterocycles. The van der Waals surface area contributed by atoms with E-state index in [2.05, 4.69) is 25.6 Å². The molecule has 0 aliphatic carbocycles. The van der Waals surface area contributed by atoms with Crippen LogP contribution in [0, 0.1) is 5.92 Å². The molecule has 0 unspecified atom stereocenters. The van der Waals surface area contributed by atoms with Gasteiger partial charge in [0.2, 0.25) is 10.2 Å². The lowest BCUT2D eigenvalue weighted by Crippen LogP contribution is -2.47. The SMILES string of the molecule is CCOC(=O)[C@H](Cc1c[nH]c2ccccc12)NC(=O)[C@H](C(C)C)n1cc(COc2ccc3nc(S(N)(=O)=O)sc3c2)nn1. The smallest absolute Gasteiger partial charge is 0.328 e. The van der Waals surface area contributed by atoms with Gasteiger partial charge in [0.25, 0.3) is 10.0 Å². The molecule has 5 aromatic rings. The average Bonchev–Trinajstić information content (AvgIpc) is 3.70. The monoisotopic (exact) mass is 625 g/mol. The number of carbonyl (C=O) groups excluding carboxylic acids is 2. The van der Waals surface area contributed by atoms with Crippen LogP contribution in [0.3, 0.4) is 0 Å². The number of primary sulfonamides is 1. The first kappa shape index (κ1) is 30.1. The zero-order valence-corrected chi connectivity index (χ0v) is 25.3. The standard InChI is InChI=1S/C28H31N7O6S2/c1-4-40-27(37)23(11-17-13-30-21-8-6-5-7-20(17)21)31-26(36)25(16(2)3)35-14-18(33-34-35)15-41-19-9-10-22-24(12-19)42-28(32-22)43(29,38)39/h5-10,12-14,16,23,25,30H,4,11,15H2,1-3H3,(H,31,36)(H2,29,38,39)/t23-,25-/m0/s1. The van der Waals surface area contributed by atoms with E-state index in [-0.39, 0.29) is 29.9 Å². The molecule has 13 nitrogen and oxygen atoms in total. The molecule has 2 atom stereocenters. The van der Waals surface area contributed by atoms with Crippen LogP contribution in [0.5, 0.6) is 5.75 Å². The Bertz CT molecular complexity index is 1880. The Labute approximate surface area is 251 Å². The number of thiazole rings is 1. The molecule has 0 bridgehead atoms. The number of para-hydroxylation sites is 1. The number of ether oxygens (including phenoxy) is 2. The van der Waals surface area contributed by atoms with Crippen molar-refractivity contribution in [2.24, 2.45) is 11.1 Å². The maximum atomic E-state index is 13.6. The van der Waals surface area contributed by atoms with Gasteiger partial charge >= 0.3 is 5.97 Å². The first-order valence-corrected chi connectivity index (χ1v) is 15.9. The fraction of sp³-hybridized carbons (Fsp3) is 0.321. The molecule has 1 amide bonds. The van der Waals surface area contributed by atoms with Crippen LogP contribution < -0.4 is 15.2 Å². The van der Waals surface area contributed by atoms with Crippen molar-refractivity contribution < 1.29 is 27.5 Å². The van der Waals surface area contributed by atoms with E-state index < -0.39 is 34.0 Å². The summed E-state index contributed by atoms with van der Waals surface area (Å²) in [5.74, 6) is -0.635. The molecule has 3 aromatic heterocycles. The van der Waals surface area contributed by atoms with Gasteiger partial charge in [0, 0.05) is 23.5 Å². The number of H-pyrrole nitrogens is 1. The minimum Gasteiger partial charge on any atom is -0.487 e. The molecular formula is C28H31N7O6S2. The Morgan fingerprint density at radius 2 is 1.98 bits per heavy atom. The molecule has 43 heavy (non-hydrogen) atoms. The summed E-state index contributed by atoms with van der Waals surface area (Å²) >= 11 is 0.950. The Hall–Kier alpha value is -4.34. The molecule has 15 heteroatoms. The third-order valence-corrected chi connectivity index (χ3v) is 9.04. The molecular weight excluding hydrogens is 594 g/mol. The second-order valence-corrected chi connectivity index (χ2v) is 13.0. The average molecular weight is 626 g/mol. The highest BCUT2D eigenvalue weighted by Gasteiger charge is 2.31. The van der Waals surface area contributed by atoms with Crippen LogP contribution in [0.15, 0.2) is 59.2 Å². The lowest BCUT2D eigenvalue weighted by Gasteiger charge is -2.24. The van der Waals surface area contributed by atoms with E-state index in [4.69, 9.17) is 14.6 Å². The second kappa shape index (κ2) is 12.5. The molecule has 4 N–H and O–H groups in total. The quantitative estimate of drug-likeness (QED) is 0.175. The van der Waals surface area contributed by atoms with Gasteiger partial charge in [0.15, 0.2) is 0 Å². The number of aromatic amines is 1. The first-order chi connectivity index (χ1) is 20.5. The van der Waals surface area contributed by atoms with E-state index in [0.29, 0.717) is 21.7 Å². The molecule has 226 valence electrons. The number of rotatable bonds is 12. The second-order valence-electron chi connectivity index (χ2n) is 10.2. The van der Waals surface area contributed by atoms with E-state index in [1.807, 2.05) is 44.3 Å². The lowest BCUT2D eigenvalue weighted by molar-refractivity contribution is -0.148. The van der Waals surface area contributed by atoms with Crippen molar-refractivity contribution in [1.82, 2.24) is 30.3 Å². The summed E-state index contributed by atoms with van der Waals surface area (Å²) in [5, 5.41) is 17.4. The van der Waals surface area contributed by atoms with Crippen molar-refractivity contribution in [3.05, 3.63) is 66.1 Å². The van der Waals surface area contributed by atoms with E-state index in [0.717, 1.165) is 27.8 Å².